The molecule has 0 heterocycles. The van der Waals surface area contributed by atoms with Crippen LogP contribution in [-0.4, -0.2) is 15.0 Å². The Morgan fingerprint density at radius 3 is 2.25 bits per heavy atom. The normalized spacial score (nSPS) is 12.8. The quantitative estimate of drug-likeness (QED) is 0.692. The third-order valence-corrected chi connectivity index (χ3v) is 6.37. The molecule has 2 aromatic carbocycles. The molecule has 0 aliphatic rings. The van der Waals surface area contributed by atoms with Gasteiger partial charge in [-0.2, -0.15) is 0 Å². The molecule has 1 N–H and O–H groups in total. The largest absolute Gasteiger partial charge is 0.240 e. The number of nitrogens with one attached hydrogen (secondary N) is 1. The number of hydrogen-bond donors (Lipinski definition) is 1. The van der Waals surface area contributed by atoms with E-state index in [2.05, 4.69) is 20.7 Å². The molecule has 0 radical (unpaired) electrons. The van der Waals surface area contributed by atoms with Gasteiger partial charge >= 0.3 is 0 Å². The maximum Gasteiger partial charge on any atom is 0.240 e. The molecule has 0 atom stereocenters. The summed E-state index contributed by atoms with van der Waals surface area (Å²) in [7, 11) is -3.48. The standard InChI is InChI=1S/C18H19BrClNO2S/c1-13-3-9-17(10-4-13)24(22,23)21-12-11-18(19)14(2)15-5-7-16(20)8-6-15/h3-10,21H,11-12H2,1-2H3/b18-14+. The summed E-state index contributed by atoms with van der Waals surface area (Å²) in [4.78, 5) is 0.280. The zero-order valence-electron chi connectivity index (χ0n) is 13.5. The van der Waals surface area contributed by atoms with Crippen LogP contribution in [0.5, 0.6) is 0 Å². The summed E-state index contributed by atoms with van der Waals surface area (Å²) in [6.07, 6.45) is 0.569. The third-order valence-electron chi connectivity index (χ3n) is 3.65. The highest BCUT2D eigenvalue weighted by atomic mass is 79.9. The summed E-state index contributed by atoms with van der Waals surface area (Å²) in [5, 5.41) is 0.688. The number of allylic oxidation sites excluding steroid dienone is 1. The Bertz CT molecular complexity index is 828. The van der Waals surface area contributed by atoms with Crippen LogP contribution in [0.25, 0.3) is 5.57 Å². The number of sulfonamides is 1. The van der Waals surface area contributed by atoms with Gasteiger partial charge in [-0.1, -0.05) is 57.4 Å². The van der Waals surface area contributed by atoms with Gasteiger partial charge in [0.2, 0.25) is 10.0 Å². The molecular weight excluding hydrogens is 410 g/mol. The lowest BCUT2D eigenvalue weighted by Crippen LogP contribution is -2.24. The molecule has 0 fully saturated rings. The fourth-order valence-electron chi connectivity index (χ4n) is 2.14. The first kappa shape index (κ1) is 19.2. The Morgan fingerprint density at radius 1 is 1.08 bits per heavy atom. The first-order valence-corrected chi connectivity index (χ1v) is 10.1. The van der Waals surface area contributed by atoms with Crippen molar-refractivity contribution in [3.63, 3.8) is 0 Å². The van der Waals surface area contributed by atoms with Gasteiger partial charge in [0.25, 0.3) is 0 Å². The predicted molar refractivity (Wildman–Crippen MR) is 104 cm³/mol. The van der Waals surface area contributed by atoms with Crippen LogP contribution < -0.4 is 4.72 Å². The van der Waals surface area contributed by atoms with E-state index in [1.807, 2.05) is 38.1 Å². The minimum absolute atomic E-state index is 0.280. The lowest BCUT2D eigenvalue weighted by Gasteiger charge is -2.09. The lowest BCUT2D eigenvalue weighted by molar-refractivity contribution is 0.582. The Morgan fingerprint density at radius 2 is 1.67 bits per heavy atom. The second-order valence-corrected chi connectivity index (χ2v) is 8.66. The van der Waals surface area contributed by atoms with Crippen LogP contribution in [-0.2, 0) is 10.0 Å². The fraction of sp³-hybridized carbons (Fsp3) is 0.222. The van der Waals surface area contributed by atoms with Crippen molar-refractivity contribution in [1.82, 2.24) is 4.72 Å². The fourth-order valence-corrected chi connectivity index (χ4v) is 3.72. The van der Waals surface area contributed by atoms with Gasteiger partial charge in [0, 0.05) is 11.6 Å². The number of hydrogen-bond acceptors (Lipinski definition) is 2. The molecule has 0 aliphatic carbocycles. The van der Waals surface area contributed by atoms with Gasteiger partial charge in [-0.15, -0.1) is 0 Å². The minimum atomic E-state index is -3.48. The highest BCUT2D eigenvalue weighted by Crippen LogP contribution is 2.25. The van der Waals surface area contributed by atoms with E-state index in [9.17, 15) is 8.42 Å². The summed E-state index contributed by atoms with van der Waals surface area (Å²) >= 11 is 9.44. The van der Waals surface area contributed by atoms with E-state index in [0.29, 0.717) is 18.0 Å². The number of rotatable bonds is 6. The Balaban J connectivity index is 2.01. The highest BCUT2D eigenvalue weighted by molar-refractivity contribution is 9.11. The van der Waals surface area contributed by atoms with Gasteiger partial charge in [-0.05, 0) is 60.2 Å². The van der Waals surface area contributed by atoms with Crippen molar-refractivity contribution in [2.45, 2.75) is 25.2 Å². The van der Waals surface area contributed by atoms with E-state index in [4.69, 9.17) is 11.6 Å². The van der Waals surface area contributed by atoms with Crippen LogP contribution >= 0.6 is 27.5 Å². The Hall–Kier alpha value is -1.14. The van der Waals surface area contributed by atoms with Crippen molar-refractivity contribution < 1.29 is 8.42 Å². The van der Waals surface area contributed by atoms with Crippen molar-refractivity contribution in [1.29, 1.82) is 0 Å². The van der Waals surface area contributed by atoms with Crippen LogP contribution in [0.2, 0.25) is 5.02 Å². The van der Waals surface area contributed by atoms with Gasteiger partial charge in [0.05, 0.1) is 4.90 Å². The third kappa shape index (κ3) is 5.18. The van der Waals surface area contributed by atoms with Crippen LogP contribution in [0.15, 0.2) is 57.9 Å². The molecule has 24 heavy (non-hydrogen) atoms. The average molecular weight is 429 g/mol. The molecule has 0 saturated carbocycles. The van der Waals surface area contributed by atoms with E-state index in [1.54, 1.807) is 24.3 Å². The number of benzene rings is 2. The van der Waals surface area contributed by atoms with Gasteiger partial charge in [-0.3, -0.25) is 0 Å². The van der Waals surface area contributed by atoms with Crippen LogP contribution in [0.1, 0.15) is 24.5 Å². The van der Waals surface area contributed by atoms with E-state index in [1.165, 1.54) is 0 Å². The van der Waals surface area contributed by atoms with Gasteiger partial charge in [0.1, 0.15) is 0 Å². The van der Waals surface area contributed by atoms with Crippen molar-refractivity contribution in [3.8, 4) is 0 Å². The molecule has 6 heteroatoms. The smallest absolute Gasteiger partial charge is 0.211 e. The number of aryl methyl sites for hydroxylation is 1. The first-order chi connectivity index (χ1) is 11.3. The predicted octanol–water partition coefficient (Wildman–Crippen LogP) is 5.14. The van der Waals surface area contributed by atoms with Gasteiger partial charge < -0.3 is 0 Å². The molecule has 0 bridgehead atoms. The topological polar surface area (TPSA) is 46.2 Å². The molecule has 0 unspecified atom stereocenters. The van der Waals surface area contributed by atoms with E-state index < -0.39 is 10.0 Å². The molecule has 128 valence electrons. The van der Waals surface area contributed by atoms with Crippen molar-refractivity contribution >= 4 is 43.1 Å². The zero-order chi connectivity index (χ0) is 17.7. The second kappa shape index (κ2) is 8.30. The minimum Gasteiger partial charge on any atom is -0.211 e. The van der Waals surface area contributed by atoms with Crippen molar-refractivity contribution in [2.24, 2.45) is 0 Å². The summed E-state index contributed by atoms with van der Waals surface area (Å²) in [6.45, 7) is 4.23. The van der Waals surface area contributed by atoms with Gasteiger partial charge in [0.15, 0.2) is 0 Å². The molecule has 2 rings (SSSR count). The van der Waals surface area contributed by atoms with Crippen molar-refractivity contribution in [3.05, 3.63) is 69.2 Å². The average Bonchev–Trinajstić information content (AvgIpc) is 2.55. The van der Waals surface area contributed by atoms with E-state index in [-0.39, 0.29) is 4.90 Å². The maximum atomic E-state index is 12.2. The molecule has 0 aliphatic heterocycles. The van der Waals surface area contributed by atoms with Crippen LogP contribution in [0, 0.1) is 6.92 Å². The van der Waals surface area contributed by atoms with Gasteiger partial charge in [-0.25, -0.2) is 13.1 Å². The Labute approximate surface area is 156 Å². The molecule has 0 amide bonds. The van der Waals surface area contributed by atoms with E-state index >= 15 is 0 Å². The van der Waals surface area contributed by atoms with Crippen LogP contribution in [0.3, 0.4) is 0 Å². The molecule has 3 nitrogen and oxygen atoms in total. The summed E-state index contributed by atoms with van der Waals surface area (Å²) in [5.41, 5.74) is 3.13. The highest BCUT2D eigenvalue weighted by Gasteiger charge is 2.13. The molecular formula is C18H19BrClNO2S. The molecule has 0 aromatic heterocycles. The van der Waals surface area contributed by atoms with E-state index in [0.717, 1.165) is 21.2 Å². The first-order valence-electron chi connectivity index (χ1n) is 7.47. The summed E-state index contributed by atoms with van der Waals surface area (Å²) < 4.78 is 28.1. The Kier molecular flexibility index (Phi) is 6.63. The SMILES string of the molecule is C/C(=C(\Br)CCNS(=O)(=O)c1ccc(C)cc1)c1ccc(Cl)cc1. The number of halogens is 2. The van der Waals surface area contributed by atoms with Crippen molar-refractivity contribution in [2.75, 3.05) is 6.54 Å². The maximum absolute atomic E-state index is 12.2. The molecule has 0 spiro atoms. The second-order valence-electron chi connectivity index (χ2n) is 5.50. The monoisotopic (exact) mass is 427 g/mol. The summed E-state index contributed by atoms with van der Waals surface area (Å²) in [6, 6.07) is 14.3. The lowest BCUT2D eigenvalue weighted by atomic mass is 10.1. The molecule has 0 saturated heterocycles. The zero-order valence-corrected chi connectivity index (χ0v) is 16.7. The molecule has 2 aromatic rings. The summed E-state index contributed by atoms with van der Waals surface area (Å²) in [5.74, 6) is 0. The van der Waals surface area contributed by atoms with Crippen LogP contribution in [0.4, 0.5) is 0 Å².